The van der Waals surface area contributed by atoms with Gasteiger partial charge in [-0.05, 0) is 50.2 Å². The van der Waals surface area contributed by atoms with Crippen LogP contribution < -0.4 is 10.6 Å². The van der Waals surface area contributed by atoms with Crippen molar-refractivity contribution in [3.05, 3.63) is 29.6 Å². The molecule has 0 fully saturated rings. The van der Waals surface area contributed by atoms with Crippen LogP contribution in [0.2, 0.25) is 0 Å². The number of unbranched alkanes of at least 4 members (excludes halogenated alkanes) is 1. The first-order valence-electron chi connectivity index (χ1n) is 8.44. The van der Waals surface area contributed by atoms with Gasteiger partial charge < -0.3 is 20.6 Å². The second-order valence-electron chi connectivity index (χ2n) is 5.50. The Hall–Kier alpha value is -1.50. The lowest BCUT2D eigenvalue weighted by molar-refractivity contribution is -0.120. The molecule has 3 N–H and O–H groups in total. The van der Waals surface area contributed by atoms with Gasteiger partial charge in [-0.1, -0.05) is 13.8 Å². The monoisotopic (exact) mass is 322 g/mol. The maximum absolute atomic E-state index is 11.7. The highest BCUT2D eigenvalue weighted by Gasteiger charge is 2.02. The van der Waals surface area contributed by atoms with Crippen LogP contribution in [-0.2, 0) is 17.9 Å². The number of aliphatic hydroxyl groups excluding tert-OH is 1. The van der Waals surface area contributed by atoms with Gasteiger partial charge in [0, 0.05) is 19.3 Å². The van der Waals surface area contributed by atoms with E-state index in [1.165, 1.54) is 0 Å². The maximum atomic E-state index is 11.7. The maximum Gasteiger partial charge on any atom is 0.233 e. The van der Waals surface area contributed by atoms with Gasteiger partial charge in [0.2, 0.25) is 5.91 Å². The van der Waals surface area contributed by atoms with Gasteiger partial charge in [0.05, 0.1) is 18.8 Å². The first-order chi connectivity index (χ1) is 11.2. The number of carbonyl (C=O) groups is 1. The largest absolute Gasteiger partial charge is 0.392 e. The van der Waals surface area contributed by atoms with Crippen molar-refractivity contribution in [1.82, 2.24) is 20.5 Å². The van der Waals surface area contributed by atoms with Crippen molar-refractivity contribution in [2.45, 2.75) is 39.8 Å². The van der Waals surface area contributed by atoms with Crippen LogP contribution in [0.3, 0.4) is 0 Å². The van der Waals surface area contributed by atoms with Gasteiger partial charge in [0.1, 0.15) is 0 Å². The van der Waals surface area contributed by atoms with Gasteiger partial charge in [-0.25, -0.2) is 0 Å². The molecule has 0 saturated heterocycles. The number of pyridine rings is 1. The lowest BCUT2D eigenvalue weighted by Gasteiger charge is -2.17. The molecule has 0 spiro atoms. The zero-order valence-electron chi connectivity index (χ0n) is 14.3. The highest BCUT2D eigenvalue weighted by molar-refractivity contribution is 5.77. The highest BCUT2D eigenvalue weighted by atomic mass is 16.3. The summed E-state index contributed by atoms with van der Waals surface area (Å²) in [5.74, 6) is 0.00570. The third-order valence-corrected chi connectivity index (χ3v) is 3.77. The number of aromatic nitrogens is 1. The van der Waals surface area contributed by atoms with E-state index in [0.29, 0.717) is 6.54 Å². The Morgan fingerprint density at radius 1 is 1.30 bits per heavy atom. The molecule has 1 amide bonds. The second-order valence-corrected chi connectivity index (χ2v) is 5.50. The number of aliphatic hydroxyl groups is 1. The average molecular weight is 322 g/mol. The number of carbonyl (C=O) groups excluding carboxylic acids is 1. The van der Waals surface area contributed by atoms with Crippen LogP contribution in [0.15, 0.2) is 18.3 Å². The Balaban J connectivity index is 2.08. The summed E-state index contributed by atoms with van der Waals surface area (Å²) in [6.07, 6.45) is 3.77. The summed E-state index contributed by atoms with van der Waals surface area (Å²) in [6.45, 7) is 9.11. The van der Waals surface area contributed by atoms with Crippen LogP contribution >= 0.6 is 0 Å². The van der Waals surface area contributed by atoms with Crippen molar-refractivity contribution < 1.29 is 9.90 Å². The van der Waals surface area contributed by atoms with Crippen LogP contribution in [0.25, 0.3) is 0 Å². The number of amides is 1. The molecule has 0 unspecified atom stereocenters. The fourth-order valence-electron chi connectivity index (χ4n) is 2.32. The van der Waals surface area contributed by atoms with E-state index >= 15 is 0 Å². The number of rotatable bonds is 12. The van der Waals surface area contributed by atoms with E-state index < -0.39 is 0 Å². The fraction of sp³-hybridized carbons (Fsp3) is 0.647. The minimum Gasteiger partial charge on any atom is -0.392 e. The minimum atomic E-state index is 0.00347. The summed E-state index contributed by atoms with van der Waals surface area (Å²) in [7, 11) is 0. The van der Waals surface area contributed by atoms with E-state index in [0.717, 1.165) is 50.3 Å². The summed E-state index contributed by atoms with van der Waals surface area (Å²) >= 11 is 0. The Morgan fingerprint density at radius 2 is 2.09 bits per heavy atom. The number of hydrogen-bond donors (Lipinski definition) is 3. The third-order valence-electron chi connectivity index (χ3n) is 3.77. The van der Waals surface area contributed by atoms with Crippen LogP contribution in [0.4, 0.5) is 0 Å². The zero-order chi connectivity index (χ0) is 16.9. The van der Waals surface area contributed by atoms with Crippen molar-refractivity contribution in [3.63, 3.8) is 0 Å². The summed E-state index contributed by atoms with van der Waals surface area (Å²) < 4.78 is 0. The predicted molar refractivity (Wildman–Crippen MR) is 91.9 cm³/mol. The first kappa shape index (κ1) is 19.5. The molecule has 0 aromatic carbocycles. The molecule has 0 bridgehead atoms. The first-order valence-corrected chi connectivity index (χ1v) is 8.44. The normalized spacial score (nSPS) is 11.0. The molecule has 130 valence electrons. The van der Waals surface area contributed by atoms with Gasteiger partial charge in [-0.15, -0.1) is 0 Å². The van der Waals surface area contributed by atoms with E-state index in [1.807, 2.05) is 6.07 Å². The zero-order valence-corrected chi connectivity index (χ0v) is 14.3. The van der Waals surface area contributed by atoms with E-state index in [2.05, 4.69) is 34.4 Å². The van der Waals surface area contributed by atoms with Crippen LogP contribution in [-0.4, -0.2) is 53.6 Å². The fourth-order valence-corrected chi connectivity index (χ4v) is 2.32. The van der Waals surface area contributed by atoms with E-state index in [-0.39, 0.29) is 19.1 Å². The number of nitrogens with zero attached hydrogens (tertiary/aromatic N) is 2. The van der Waals surface area contributed by atoms with Crippen molar-refractivity contribution in [2.75, 3.05) is 32.7 Å². The van der Waals surface area contributed by atoms with Gasteiger partial charge in [-0.3, -0.25) is 9.78 Å². The van der Waals surface area contributed by atoms with Crippen LogP contribution in [0, 0.1) is 0 Å². The molecule has 23 heavy (non-hydrogen) atoms. The van der Waals surface area contributed by atoms with E-state index in [9.17, 15) is 4.79 Å². The van der Waals surface area contributed by atoms with Crippen molar-refractivity contribution in [2.24, 2.45) is 0 Å². The minimum absolute atomic E-state index is 0.00347. The Bertz CT molecular complexity index is 450. The van der Waals surface area contributed by atoms with Gasteiger partial charge in [-0.2, -0.15) is 0 Å². The summed E-state index contributed by atoms with van der Waals surface area (Å²) in [5.41, 5.74) is 1.65. The smallest absolute Gasteiger partial charge is 0.233 e. The molecule has 0 aliphatic carbocycles. The standard InChI is InChI=1S/C17H30N4O2/c1-3-21(4-2)10-6-5-8-20-17(23)13-18-12-16-11-15(14-22)7-9-19-16/h7,9,11,18,22H,3-6,8,10,12-14H2,1-2H3,(H,20,23). The van der Waals surface area contributed by atoms with Gasteiger partial charge >= 0.3 is 0 Å². The molecule has 0 aliphatic heterocycles. The molecule has 1 heterocycles. The lowest BCUT2D eigenvalue weighted by atomic mass is 10.2. The summed E-state index contributed by atoms with van der Waals surface area (Å²) in [4.78, 5) is 18.3. The Morgan fingerprint density at radius 3 is 2.78 bits per heavy atom. The Labute approximate surface area is 139 Å². The SMILES string of the molecule is CCN(CC)CCCCNC(=O)CNCc1cc(CO)ccn1. The molecule has 0 radical (unpaired) electrons. The third kappa shape index (κ3) is 8.64. The highest BCUT2D eigenvalue weighted by Crippen LogP contribution is 2.01. The molecule has 0 aliphatic rings. The topological polar surface area (TPSA) is 77.5 Å². The van der Waals surface area contributed by atoms with E-state index in [4.69, 9.17) is 5.11 Å². The molecular weight excluding hydrogens is 292 g/mol. The van der Waals surface area contributed by atoms with Crippen LogP contribution in [0.1, 0.15) is 37.9 Å². The quantitative estimate of drug-likeness (QED) is 0.499. The van der Waals surface area contributed by atoms with Crippen molar-refractivity contribution in [3.8, 4) is 0 Å². The molecule has 1 rings (SSSR count). The molecule has 1 aromatic rings. The number of nitrogens with one attached hydrogen (secondary N) is 2. The Kier molecular flexibility index (Phi) is 10.2. The van der Waals surface area contributed by atoms with Crippen molar-refractivity contribution >= 4 is 5.91 Å². The molecule has 0 atom stereocenters. The number of hydrogen-bond acceptors (Lipinski definition) is 5. The molecule has 6 heteroatoms. The lowest BCUT2D eigenvalue weighted by Crippen LogP contribution is -2.34. The van der Waals surface area contributed by atoms with Crippen LogP contribution in [0.5, 0.6) is 0 Å². The average Bonchev–Trinajstić information content (AvgIpc) is 2.58. The molecule has 0 saturated carbocycles. The molecule has 6 nitrogen and oxygen atoms in total. The van der Waals surface area contributed by atoms with Crippen molar-refractivity contribution in [1.29, 1.82) is 0 Å². The van der Waals surface area contributed by atoms with Gasteiger partial charge in [0.15, 0.2) is 0 Å². The summed E-state index contributed by atoms with van der Waals surface area (Å²) in [5, 5.41) is 15.1. The summed E-state index contributed by atoms with van der Waals surface area (Å²) in [6, 6.07) is 3.60. The molecular formula is C17H30N4O2. The van der Waals surface area contributed by atoms with E-state index in [1.54, 1.807) is 12.3 Å². The predicted octanol–water partition coefficient (Wildman–Crippen LogP) is 0.902. The second kappa shape index (κ2) is 12.0. The van der Waals surface area contributed by atoms with Gasteiger partial charge in [0.25, 0.3) is 0 Å². The molecule has 1 aromatic heterocycles.